The molecule has 0 aliphatic carbocycles. The van der Waals surface area contributed by atoms with Crippen LogP contribution in [0, 0.1) is 11.6 Å². The molecule has 224 valence electrons. The molecule has 2 aliphatic heterocycles. The van der Waals surface area contributed by atoms with Crippen LogP contribution >= 0.6 is 0 Å². The monoisotopic (exact) mass is 595 g/mol. The summed E-state index contributed by atoms with van der Waals surface area (Å²) >= 11 is 0. The highest BCUT2D eigenvalue weighted by molar-refractivity contribution is 6.18. The van der Waals surface area contributed by atoms with E-state index in [2.05, 4.69) is 39.8 Å². The van der Waals surface area contributed by atoms with Gasteiger partial charge in [-0.25, -0.2) is 18.7 Å². The number of carbonyl (C=O) groups is 2. The van der Waals surface area contributed by atoms with Crippen LogP contribution < -0.4 is 16.0 Å². The van der Waals surface area contributed by atoms with E-state index in [-0.39, 0.29) is 47.7 Å². The zero-order valence-electron chi connectivity index (χ0n) is 24.5. The summed E-state index contributed by atoms with van der Waals surface area (Å²) in [5, 5.41) is 9.20. The van der Waals surface area contributed by atoms with Crippen LogP contribution in [0.1, 0.15) is 51.3 Å². The first-order valence-electron chi connectivity index (χ1n) is 14.4. The van der Waals surface area contributed by atoms with Gasteiger partial charge < -0.3 is 20.9 Å². The molecule has 3 N–H and O–H groups in total. The first-order valence-corrected chi connectivity index (χ1v) is 14.4. The Bertz CT molecular complexity index is 1760. The number of fused-ring (bicyclic) bond motifs is 3. The van der Waals surface area contributed by atoms with Gasteiger partial charge in [-0.3, -0.25) is 14.6 Å². The van der Waals surface area contributed by atoms with Gasteiger partial charge >= 0.3 is 0 Å². The highest BCUT2D eigenvalue weighted by atomic mass is 19.1. The summed E-state index contributed by atoms with van der Waals surface area (Å²) in [5.74, 6) is -1.61. The second kappa shape index (κ2) is 11.9. The highest BCUT2D eigenvalue weighted by Gasteiger charge is 2.27. The molecule has 0 bridgehead atoms. The zero-order chi connectivity index (χ0) is 31.0. The maximum atomic E-state index is 15.0. The second-order valence-corrected chi connectivity index (χ2v) is 11.0. The lowest BCUT2D eigenvalue weighted by atomic mass is 9.93. The second-order valence-electron chi connectivity index (χ2n) is 11.0. The largest absolute Gasteiger partial charge is 0.355 e. The van der Waals surface area contributed by atoms with Gasteiger partial charge in [0.2, 0.25) is 5.95 Å². The summed E-state index contributed by atoms with van der Waals surface area (Å²) in [6, 6.07) is 16.1. The summed E-state index contributed by atoms with van der Waals surface area (Å²) in [6.07, 6.45) is 1.62. The van der Waals surface area contributed by atoms with E-state index >= 15 is 0 Å². The molecule has 3 heterocycles. The molecule has 0 spiro atoms. The SMILES string of the molecule is CNC(=O)c1ccc2c(c1)C(c1c(F)cccc1F)=NCc1cnc(Nc3ccc(C(=O)N4CC(C)NC(C)C4)cc3)nc1-2. The molecule has 0 radical (unpaired) electrons. The molecule has 6 rings (SSSR count). The lowest BCUT2D eigenvalue weighted by Gasteiger charge is -2.36. The van der Waals surface area contributed by atoms with E-state index in [1.165, 1.54) is 25.2 Å². The number of amides is 2. The predicted molar refractivity (Wildman–Crippen MR) is 164 cm³/mol. The van der Waals surface area contributed by atoms with Gasteiger partial charge in [0.25, 0.3) is 11.8 Å². The van der Waals surface area contributed by atoms with Crippen molar-refractivity contribution in [2.75, 3.05) is 25.5 Å². The number of anilines is 2. The Morgan fingerprint density at radius 3 is 2.30 bits per heavy atom. The highest BCUT2D eigenvalue weighted by Crippen LogP contribution is 2.34. The van der Waals surface area contributed by atoms with Crippen LogP contribution in [0.25, 0.3) is 11.3 Å². The van der Waals surface area contributed by atoms with Gasteiger partial charge in [-0.2, -0.15) is 0 Å². The maximum Gasteiger partial charge on any atom is 0.253 e. The van der Waals surface area contributed by atoms with Crippen molar-refractivity contribution in [3.05, 3.63) is 106 Å². The van der Waals surface area contributed by atoms with E-state index in [1.54, 1.807) is 48.7 Å². The number of nitrogens with one attached hydrogen (secondary N) is 3. The van der Waals surface area contributed by atoms with E-state index in [9.17, 15) is 18.4 Å². The molecule has 1 fully saturated rings. The van der Waals surface area contributed by atoms with Crippen LogP contribution in [-0.4, -0.2) is 64.6 Å². The molecule has 1 aromatic heterocycles. The van der Waals surface area contributed by atoms with Crippen LogP contribution in [0.15, 0.2) is 71.9 Å². The number of aliphatic imine (C=N–C) groups is 1. The Balaban J connectivity index is 1.32. The molecule has 4 aromatic rings. The summed E-state index contributed by atoms with van der Waals surface area (Å²) in [7, 11) is 1.51. The van der Waals surface area contributed by atoms with Gasteiger partial charge in [-0.1, -0.05) is 12.1 Å². The van der Waals surface area contributed by atoms with Crippen molar-refractivity contribution in [3.8, 4) is 11.3 Å². The molecule has 2 amide bonds. The van der Waals surface area contributed by atoms with Crippen molar-refractivity contribution in [2.24, 2.45) is 4.99 Å². The van der Waals surface area contributed by atoms with Crippen molar-refractivity contribution < 1.29 is 18.4 Å². The lowest BCUT2D eigenvalue weighted by molar-refractivity contribution is 0.0673. The van der Waals surface area contributed by atoms with Gasteiger partial charge in [-0.05, 0) is 62.4 Å². The van der Waals surface area contributed by atoms with Crippen molar-refractivity contribution >= 4 is 29.2 Å². The number of carbonyl (C=O) groups excluding carboxylic acids is 2. The smallest absolute Gasteiger partial charge is 0.253 e. The molecule has 3 aromatic carbocycles. The lowest BCUT2D eigenvalue weighted by Crippen LogP contribution is -2.55. The van der Waals surface area contributed by atoms with Gasteiger partial charge in [0.05, 0.1) is 23.5 Å². The minimum atomic E-state index is -0.762. The minimum absolute atomic E-state index is 0.0205. The first-order chi connectivity index (χ1) is 21.2. The topological polar surface area (TPSA) is 112 Å². The zero-order valence-corrected chi connectivity index (χ0v) is 24.5. The molecule has 2 atom stereocenters. The molecule has 1 saturated heterocycles. The van der Waals surface area contributed by atoms with Crippen molar-refractivity contribution in [2.45, 2.75) is 32.5 Å². The van der Waals surface area contributed by atoms with Crippen LogP contribution in [0.2, 0.25) is 0 Å². The number of nitrogens with zero attached hydrogens (tertiary/aromatic N) is 4. The average Bonchev–Trinajstić information content (AvgIpc) is 3.16. The molecule has 44 heavy (non-hydrogen) atoms. The Labute approximate surface area is 253 Å². The predicted octanol–water partition coefficient (Wildman–Crippen LogP) is 4.70. The number of hydrogen-bond donors (Lipinski definition) is 3. The summed E-state index contributed by atoms with van der Waals surface area (Å²) < 4.78 is 30.0. The third kappa shape index (κ3) is 5.66. The van der Waals surface area contributed by atoms with Crippen molar-refractivity contribution in [3.63, 3.8) is 0 Å². The number of rotatable bonds is 5. The average molecular weight is 596 g/mol. The summed E-state index contributed by atoms with van der Waals surface area (Å²) in [5.41, 5.74) is 3.48. The summed E-state index contributed by atoms with van der Waals surface area (Å²) in [6.45, 7) is 5.49. The quantitative estimate of drug-likeness (QED) is 0.309. The fourth-order valence-corrected chi connectivity index (χ4v) is 5.74. The number of hydrogen-bond acceptors (Lipinski definition) is 7. The van der Waals surface area contributed by atoms with Crippen LogP contribution in [0.5, 0.6) is 0 Å². The van der Waals surface area contributed by atoms with E-state index in [4.69, 9.17) is 4.98 Å². The third-order valence-electron chi connectivity index (χ3n) is 7.72. The first kappa shape index (κ1) is 29.1. The van der Waals surface area contributed by atoms with Crippen LogP contribution in [0.4, 0.5) is 20.4 Å². The van der Waals surface area contributed by atoms with Gasteiger partial charge in [0, 0.05) is 71.9 Å². The minimum Gasteiger partial charge on any atom is -0.355 e. The van der Waals surface area contributed by atoms with Crippen LogP contribution in [0.3, 0.4) is 0 Å². The van der Waals surface area contributed by atoms with Crippen molar-refractivity contribution in [1.29, 1.82) is 0 Å². The van der Waals surface area contributed by atoms with Gasteiger partial charge in [0.1, 0.15) is 11.6 Å². The molecular formula is C33H31F2N7O2. The van der Waals surface area contributed by atoms with E-state index in [1.807, 2.05) is 4.90 Å². The fraction of sp³-hybridized carbons (Fsp3) is 0.242. The van der Waals surface area contributed by atoms with E-state index < -0.39 is 11.6 Å². The normalized spacial score (nSPS) is 17.6. The number of piperazine rings is 1. The number of halogens is 2. The molecule has 0 saturated carbocycles. The third-order valence-corrected chi connectivity index (χ3v) is 7.72. The standard InChI is InChI=1S/C33H31F2N7O2/c1-18-16-42(17-19(2)39-18)32(44)20-7-10-23(11-8-20)40-33-38-15-22-14-37-30(28-26(34)5-4-6-27(28)35)25-13-21(31(43)36-3)9-12-24(25)29(22)41-33/h4-13,15,18-19,39H,14,16-17H2,1-3H3,(H,36,43)(H,38,40,41). The maximum absolute atomic E-state index is 15.0. The van der Waals surface area contributed by atoms with Crippen LogP contribution in [-0.2, 0) is 6.54 Å². The van der Waals surface area contributed by atoms with E-state index in [0.29, 0.717) is 52.3 Å². The fourth-order valence-electron chi connectivity index (χ4n) is 5.74. The molecule has 2 unspecified atom stereocenters. The van der Waals surface area contributed by atoms with Crippen molar-refractivity contribution in [1.82, 2.24) is 25.5 Å². The Morgan fingerprint density at radius 2 is 1.61 bits per heavy atom. The Hall–Kier alpha value is -5.03. The molecular weight excluding hydrogens is 564 g/mol. The molecule has 2 aliphatic rings. The van der Waals surface area contributed by atoms with Gasteiger partial charge in [0.15, 0.2) is 0 Å². The molecule has 9 nitrogen and oxygen atoms in total. The van der Waals surface area contributed by atoms with E-state index in [0.717, 1.165) is 0 Å². The Morgan fingerprint density at radius 1 is 0.932 bits per heavy atom. The number of aromatic nitrogens is 2. The summed E-state index contributed by atoms with van der Waals surface area (Å²) in [4.78, 5) is 41.2. The number of benzene rings is 3. The molecule has 11 heteroatoms. The Kier molecular flexibility index (Phi) is 7.88. The van der Waals surface area contributed by atoms with Gasteiger partial charge in [-0.15, -0.1) is 0 Å².